The van der Waals surface area contributed by atoms with E-state index in [2.05, 4.69) is 23.8 Å². The summed E-state index contributed by atoms with van der Waals surface area (Å²) in [7, 11) is 0. The Hall–Kier alpha value is -2.60. The van der Waals surface area contributed by atoms with Crippen LogP contribution in [0.4, 0.5) is 5.69 Å². The Labute approximate surface area is 181 Å². The van der Waals surface area contributed by atoms with E-state index in [4.69, 9.17) is 16.6 Å². The number of carbonyl (C=O) groups is 1. The fourth-order valence-electron chi connectivity index (χ4n) is 4.17. The number of pyridine rings is 1. The standard InChI is InChI=1S/C23H26ClN5O/c1-15(2)29-22-20(14-25-29)19(13-21(26-22)16-3-4-16)23(30)28-11-9-27(10-12-28)18-7-5-17(24)6-8-18/h5-8,13-16H,3-4,9-12H2,1-2H3. The summed E-state index contributed by atoms with van der Waals surface area (Å²) in [5, 5.41) is 6.13. The van der Waals surface area contributed by atoms with E-state index < -0.39 is 0 Å². The monoisotopic (exact) mass is 423 g/mol. The minimum atomic E-state index is 0.0864. The second-order valence-corrected chi connectivity index (χ2v) is 8.98. The van der Waals surface area contributed by atoms with Gasteiger partial charge in [-0.1, -0.05) is 11.6 Å². The van der Waals surface area contributed by atoms with Crippen LogP contribution in [0.3, 0.4) is 0 Å². The summed E-state index contributed by atoms with van der Waals surface area (Å²) in [4.78, 5) is 22.6. The Kier molecular flexibility index (Phi) is 4.89. The molecule has 30 heavy (non-hydrogen) atoms. The predicted molar refractivity (Wildman–Crippen MR) is 119 cm³/mol. The maximum Gasteiger partial charge on any atom is 0.254 e. The molecule has 1 amide bonds. The van der Waals surface area contributed by atoms with Gasteiger partial charge in [-0.05, 0) is 57.0 Å². The third-order valence-electron chi connectivity index (χ3n) is 6.06. The van der Waals surface area contributed by atoms with Gasteiger partial charge in [-0.25, -0.2) is 9.67 Å². The van der Waals surface area contributed by atoms with Gasteiger partial charge < -0.3 is 9.80 Å². The van der Waals surface area contributed by atoms with E-state index in [-0.39, 0.29) is 11.9 Å². The molecule has 3 heterocycles. The lowest BCUT2D eigenvalue weighted by Gasteiger charge is -2.36. The number of hydrogen-bond acceptors (Lipinski definition) is 4. The summed E-state index contributed by atoms with van der Waals surface area (Å²) < 4.78 is 1.93. The van der Waals surface area contributed by atoms with Crippen LogP contribution in [0.2, 0.25) is 5.02 Å². The molecule has 2 aliphatic rings. The Morgan fingerprint density at radius 2 is 1.80 bits per heavy atom. The van der Waals surface area contributed by atoms with Crippen LogP contribution >= 0.6 is 11.6 Å². The molecule has 3 aromatic rings. The van der Waals surface area contributed by atoms with Gasteiger partial charge >= 0.3 is 0 Å². The predicted octanol–water partition coefficient (Wildman–Crippen LogP) is 4.51. The van der Waals surface area contributed by atoms with Crippen LogP contribution in [0, 0.1) is 0 Å². The van der Waals surface area contributed by atoms with Crippen molar-refractivity contribution in [3.63, 3.8) is 0 Å². The Morgan fingerprint density at radius 1 is 1.10 bits per heavy atom. The molecule has 0 unspecified atom stereocenters. The Morgan fingerprint density at radius 3 is 2.43 bits per heavy atom. The first-order chi connectivity index (χ1) is 14.5. The second-order valence-electron chi connectivity index (χ2n) is 8.54. The number of anilines is 1. The van der Waals surface area contributed by atoms with Crippen LogP contribution in [-0.2, 0) is 0 Å². The van der Waals surface area contributed by atoms with E-state index in [1.54, 1.807) is 6.20 Å². The number of amides is 1. The molecule has 0 spiro atoms. The summed E-state index contributed by atoms with van der Waals surface area (Å²) in [6.07, 6.45) is 4.11. The highest BCUT2D eigenvalue weighted by Crippen LogP contribution is 2.40. The van der Waals surface area contributed by atoms with Gasteiger partial charge in [0.1, 0.15) is 0 Å². The van der Waals surface area contributed by atoms with Crippen molar-refractivity contribution >= 4 is 34.2 Å². The molecule has 1 saturated carbocycles. The van der Waals surface area contributed by atoms with Crippen LogP contribution in [-0.4, -0.2) is 51.8 Å². The summed E-state index contributed by atoms with van der Waals surface area (Å²) in [5.74, 6) is 0.571. The number of nitrogens with zero attached hydrogens (tertiary/aromatic N) is 5. The number of piperazine rings is 1. The van der Waals surface area contributed by atoms with E-state index in [0.29, 0.717) is 19.0 Å². The summed E-state index contributed by atoms with van der Waals surface area (Å²) in [6, 6.07) is 10.1. The van der Waals surface area contributed by atoms with E-state index in [9.17, 15) is 4.79 Å². The third-order valence-corrected chi connectivity index (χ3v) is 6.31. The zero-order valence-electron chi connectivity index (χ0n) is 17.4. The van der Waals surface area contributed by atoms with Gasteiger partial charge in [-0.2, -0.15) is 5.10 Å². The van der Waals surface area contributed by atoms with Crippen LogP contribution in [0.1, 0.15) is 54.7 Å². The molecule has 1 aliphatic heterocycles. The van der Waals surface area contributed by atoms with Gasteiger partial charge in [0.05, 0.1) is 17.1 Å². The smallest absolute Gasteiger partial charge is 0.254 e. The van der Waals surface area contributed by atoms with Crippen molar-refractivity contribution in [1.29, 1.82) is 0 Å². The van der Waals surface area contributed by atoms with Crippen molar-refractivity contribution in [2.75, 3.05) is 31.1 Å². The first kappa shape index (κ1) is 19.4. The van der Waals surface area contributed by atoms with Gasteiger partial charge in [0, 0.05) is 54.5 Å². The Balaban J connectivity index is 1.40. The molecular weight excluding hydrogens is 398 g/mol. The molecule has 5 rings (SSSR count). The molecule has 2 aromatic heterocycles. The molecular formula is C23H26ClN5O. The second kappa shape index (κ2) is 7.58. The summed E-state index contributed by atoms with van der Waals surface area (Å²) in [6.45, 7) is 7.19. The van der Waals surface area contributed by atoms with Crippen molar-refractivity contribution in [3.05, 3.63) is 52.8 Å². The van der Waals surface area contributed by atoms with E-state index in [1.165, 1.54) is 0 Å². The fraction of sp³-hybridized carbons (Fsp3) is 0.435. The molecule has 0 atom stereocenters. The van der Waals surface area contributed by atoms with Gasteiger partial charge in [-0.15, -0.1) is 0 Å². The zero-order chi connectivity index (χ0) is 20.8. The number of benzene rings is 1. The molecule has 0 N–H and O–H groups in total. The third kappa shape index (κ3) is 3.54. The minimum absolute atomic E-state index is 0.0864. The molecule has 0 bridgehead atoms. The first-order valence-corrected chi connectivity index (χ1v) is 11.1. The molecule has 1 saturated heterocycles. The van der Waals surface area contributed by atoms with Crippen LogP contribution in [0.25, 0.3) is 11.0 Å². The highest BCUT2D eigenvalue weighted by atomic mass is 35.5. The Bertz CT molecular complexity index is 1080. The van der Waals surface area contributed by atoms with Gasteiger partial charge in [0.2, 0.25) is 0 Å². The van der Waals surface area contributed by atoms with Crippen molar-refractivity contribution in [2.45, 2.75) is 38.6 Å². The van der Waals surface area contributed by atoms with Crippen LogP contribution in [0.5, 0.6) is 0 Å². The minimum Gasteiger partial charge on any atom is -0.368 e. The largest absolute Gasteiger partial charge is 0.368 e. The maximum atomic E-state index is 13.5. The number of carbonyl (C=O) groups excluding carboxylic acids is 1. The van der Waals surface area contributed by atoms with E-state index in [1.807, 2.05) is 39.9 Å². The average molecular weight is 424 g/mol. The SMILES string of the molecule is CC(C)n1ncc2c(C(=O)N3CCN(c4ccc(Cl)cc4)CC3)cc(C3CC3)nc21. The van der Waals surface area contributed by atoms with Crippen molar-refractivity contribution in [3.8, 4) is 0 Å². The number of hydrogen-bond donors (Lipinski definition) is 0. The number of halogens is 1. The molecule has 156 valence electrons. The zero-order valence-corrected chi connectivity index (χ0v) is 18.1. The highest BCUT2D eigenvalue weighted by Gasteiger charge is 2.30. The number of aromatic nitrogens is 3. The quantitative estimate of drug-likeness (QED) is 0.619. The van der Waals surface area contributed by atoms with Gasteiger partial charge in [0.25, 0.3) is 5.91 Å². The van der Waals surface area contributed by atoms with Crippen molar-refractivity contribution in [1.82, 2.24) is 19.7 Å². The maximum absolute atomic E-state index is 13.5. The summed E-state index contributed by atoms with van der Waals surface area (Å²) >= 11 is 6.01. The topological polar surface area (TPSA) is 54.3 Å². The lowest BCUT2D eigenvalue weighted by molar-refractivity contribution is 0.0748. The van der Waals surface area contributed by atoms with Crippen molar-refractivity contribution < 1.29 is 4.79 Å². The molecule has 1 aromatic carbocycles. The molecule has 7 heteroatoms. The molecule has 1 aliphatic carbocycles. The van der Waals surface area contributed by atoms with Gasteiger partial charge in [0.15, 0.2) is 5.65 Å². The fourth-order valence-corrected chi connectivity index (χ4v) is 4.30. The van der Waals surface area contributed by atoms with E-state index >= 15 is 0 Å². The average Bonchev–Trinajstić information content (AvgIpc) is 3.52. The molecule has 0 radical (unpaired) electrons. The normalized spacial score (nSPS) is 17.2. The lowest BCUT2D eigenvalue weighted by Crippen LogP contribution is -2.48. The lowest BCUT2D eigenvalue weighted by atomic mass is 10.1. The van der Waals surface area contributed by atoms with Crippen LogP contribution < -0.4 is 4.90 Å². The summed E-state index contributed by atoms with van der Waals surface area (Å²) in [5.41, 5.74) is 3.76. The van der Waals surface area contributed by atoms with E-state index in [0.717, 1.165) is 58.9 Å². The first-order valence-electron chi connectivity index (χ1n) is 10.7. The number of fused-ring (bicyclic) bond motifs is 1. The van der Waals surface area contributed by atoms with Crippen molar-refractivity contribution in [2.24, 2.45) is 0 Å². The molecule has 2 fully saturated rings. The van der Waals surface area contributed by atoms with Crippen LogP contribution in [0.15, 0.2) is 36.5 Å². The number of rotatable bonds is 4. The highest BCUT2D eigenvalue weighted by molar-refractivity contribution is 6.30. The molecule has 6 nitrogen and oxygen atoms in total. The van der Waals surface area contributed by atoms with Gasteiger partial charge in [-0.3, -0.25) is 4.79 Å².